The van der Waals surface area contributed by atoms with E-state index < -0.39 is 11.9 Å². The second-order valence-corrected chi connectivity index (χ2v) is 31.9. The number of hydroxylamine groups is 1. The number of ether oxygens (including phenoxy) is 9. The van der Waals surface area contributed by atoms with Crippen molar-refractivity contribution in [2.24, 2.45) is 11.8 Å². The van der Waals surface area contributed by atoms with Crippen molar-refractivity contribution in [1.29, 1.82) is 0 Å². The zero-order chi connectivity index (χ0) is 84.4. The van der Waals surface area contributed by atoms with Gasteiger partial charge in [-0.2, -0.15) is 54.0 Å². The van der Waals surface area contributed by atoms with E-state index in [0.29, 0.717) is 125 Å². The molecule has 0 spiro atoms. The predicted octanol–water partition coefficient (Wildman–Crippen LogP) is 18.9. The molecule has 2 fully saturated rings. The predicted molar refractivity (Wildman–Crippen MR) is 500 cm³/mol. The van der Waals surface area contributed by atoms with E-state index in [0.717, 1.165) is 90.0 Å². The smallest absolute Gasteiger partial charge is 0.337 e. The van der Waals surface area contributed by atoms with E-state index in [9.17, 15) is 38.7 Å². The maximum Gasteiger partial charge on any atom is 0.337 e. The number of alkyl halides is 1. The number of amides is 3. The van der Waals surface area contributed by atoms with Crippen LogP contribution in [0.4, 0.5) is 0 Å². The minimum atomic E-state index is -0.616. The third-order valence-corrected chi connectivity index (χ3v) is 23.6. The van der Waals surface area contributed by atoms with Gasteiger partial charge in [0.05, 0.1) is 81.9 Å². The number of aliphatic hydroxyl groups is 1. The van der Waals surface area contributed by atoms with Crippen LogP contribution < -0.4 is 25.0 Å². The highest BCUT2D eigenvalue weighted by atomic mass is 79.9. The van der Waals surface area contributed by atoms with Gasteiger partial charge in [-0.1, -0.05) is 173 Å². The average Bonchev–Trinajstić information content (AvgIpc) is 1.64. The van der Waals surface area contributed by atoms with E-state index in [2.05, 4.69) is 57.8 Å². The Hall–Kier alpha value is -7.53. The van der Waals surface area contributed by atoms with Gasteiger partial charge in [0.25, 0.3) is 5.91 Å². The van der Waals surface area contributed by atoms with Crippen LogP contribution in [-0.4, -0.2) is 143 Å². The number of hydrogen-bond donors (Lipinski definition) is 4. The Labute approximate surface area is 783 Å². The third-order valence-electron chi connectivity index (χ3n) is 20.5. The minimum Gasteiger partial charge on any atom is -0.491 e. The fraction of sp³-hybridized carbons (Fsp3) is 0.315. The second kappa shape index (κ2) is 51.8. The van der Waals surface area contributed by atoms with Gasteiger partial charge in [-0.3, -0.25) is 19.6 Å². The fourth-order valence-electron chi connectivity index (χ4n) is 13.7. The summed E-state index contributed by atoms with van der Waals surface area (Å²) in [6, 6.07) is 56.0. The molecular formula is C89H97Br3Cl4N4O18S4. The molecule has 2 saturated heterocycles. The molecule has 654 valence electrons. The summed E-state index contributed by atoms with van der Waals surface area (Å²) in [6.45, 7) is 4.91. The molecule has 0 radical (unpaired) electrons. The van der Waals surface area contributed by atoms with Crippen molar-refractivity contribution in [2.75, 3.05) is 81.3 Å². The third kappa shape index (κ3) is 28.8. The summed E-state index contributed by atoms with van der Waals surface area (Å²) in [4.78, 5) is 88.6. The van der Waals surface area contributed by atoms with Crippen LogP contribution in [0.3, 0.4) is 0 Å². The summed E-state index contributed by atoms with van der Waals surface area (Å²) in [6.07, 6.45) is 4.43. The van der Waals surface area contributed by atoms with Crippen LogP contribution in [0.15, 0.2) is 197 Å². The number of fused-ring (bicyclic) bond motifs is 3. The molecule has 14 rings (SSSR count). The lowest BCUT2D eigenvalue weighted by molar-refractivity contribution is -0.143. The molecule has 5 aliphatic rings. The van der Waals surface area contributed by atoms with Gasteiger partial charge in [0, 0.05) is 114 Å². The summed E-state index contributed by atoms with van der Waals surface area (Å²) >= 11 is 34.1. The van der Waals surface area contributed by atoms with Gasteiger partial charge < -0.3 is 62.9 Å². The number of halogens is 7. The van der Waals surface area contributed by atoms with Crippen LogP contribution in [0.2, 0.25) is 20.1 Å². The molecule has 0 bridgehead atoms. The van der Waals surface area contributed by atoms with Gasteiger partial charge in [-0.15, -0.1) is 0 Å². The van der Waals surface area contributed by atoms with Crippen molar-refractivity contribution in [1.82, 2.24) is 20.6 Å². The molecule has 9 aromatic rings. The standard InChI is InChI=1S/C23H24ClNO5.C22H23ClN2O5.C18H18BrClO3.C17H16ClNO3.C9H8Br2O2.4H2S/c1-28-23(27)17-2-3-18-13-25(22(26)16-8-10-29-11-9-16)20(14-30-21(18)12-17)15-4-6-19(24)7-5-15;23-18-5-3-14(4-6-18)19-13-30-20-11-16(21(26)24-28)1-2-17(20)12-25(19)22(27)15-7-9-29-10-8-15;1-23-18(22)14-4-2-13(17(19)10-14)3-5-15(11-21)12-6-8-16(20)9-7-12;1-21-17(20)12-2-3-13-9-19-15(10-22-16(13)8-12)11-4-6-14(18)7-5-11;1-13-9(12)6-2-3-7(5-10)8(11)4-6;;;;/h2-7,12,16,20H,8-11,13-14H2,1H3;1-6,11,15,19,28H,7-10,12-13H2,(H,24,26);2,4,6-10,15,21H,3,5,11H2,1H3;2-8,15,19H,9-10H2,1H3;2-4H,5H2,1H3;4*1H2/t20-;19-;2*15-;;;;;/m1111...../s1. The van der Waals surface area contributed by atoms with Crippen molar-refractivity contribution in [3.05, 3.63) is 295 Å². The first-order valence-electron chi connectivity index (χ1n) is 37.8. The maximum absolute atomic E-state index is 13.5. The monoisotopic (exact) mass is 2010 g/mol. The Morgan fingerprint density at radius 1 is 0.467 bits per heavy atom. The van der Waals surface area contributed by atoms with E-state index in [1.54, 1.807) is 84.3 Å². The number of esters is 4. The van der Waals surface area contributed by atoms with Crippen LogP contribution in [0.5, 0.6) is 17.2 Å². The first kappa shape index (κ1) is 103. The maximum atomic E-state index is 13.5. The minimum absolute atomic E-state index is 0. The quantitative estimate of drug-likeness (QED) is 0.0230. The summed E-state index contributed by atoms with van der Waals surface area (Å²) in [7, 11) is 5.45. The number of aliphatic hydroxyl groups excluding tert-OH is 1. The Kier molecular flexibility index (Phi) is 43.8. The van der Waals surface area contributed by atoms with Gasteiger partial charge in [0.1, 0.15) is 37.1 Å². The molecule has 122 heavy (non-hydrogen) atoms. The summed E-state index contributed by atoms with van der Waals surface area (Å²) < 4.78 is 49.5. The average molecular weight is 2020 g/mol. The zero-order valence-corrected chi connectivity index (χ0v) is 78.8. The first-order valence-corrected chi connectivity index (χ1v) is 42.1. The Morgan fingerprint density at radius 2 is 0.820 bits per heavy atom. The van der Waals surface area contributed by atoms with E-state index in [1.807, 2.05) is 119 Å². The van der Waals surface area contributed by atoms with Crippen LogP contribution in [-0.2, 0) is 69.4 Å². The highest BCUT2D eigenvalue weighted by Crippen LogP contribution is 2.39. The number of nitrogens with one attached hydrogen (secondary N) is 2. The molecule has 0 saturated carbocycles. The normalized spacial score (nSPS) is 15.9. The number of hydrogen-bond acceptors (Lipinski definition) is 19. The summed E-state index contributed by atoms with van der Waals surface area (Å²) in [5.74, 6) is -0.156. The second-order valence-electron chi connectivity index (χ2n) is 27.8. The Bertz CT molecular complexity index is 4800. The van der Waals surface area contributed by atoms with Crippen molar-refractivity contribution in [3.63, 3.8) is 0 Å². The van der Waals surface area contributed by atoms with E-state index in [4.69, 9.17) is 89.5 Å². The van der Waals surface area contributed by atoms with Crippen LogP contribution in [0.25, 0.3) is 0 Å². The lowest BCUT2D eigenvalue weighted by Crippen LogP contribution is -2.41. The van der Waals surface area contributed by atoms with Crippen molar-refractivity contribution >= 4 is 190 Å². The van der Waals surface area contributed by atoms with E-state index >= 15 is 0 Å². The number of carbonyl (C=O) groups is 7. The van der Waals surface area contributed by atoms with Gasteiger partial charge >= 0.3 is 23.9 Å². The molecule has 33 heteroatoms. The number of methoxy groups -OCH3 is 4. The summed E-state index contributed by atoms with van der Waals surface area (Å²) in [5, 5.41) is 25.4. The van der Waals surface area contributed by atoms with Crippen LogP contribution >= 0.6 is 148 Å². The molecule has 5 aliphatic heterocycles. The van der Waals surface area contributed by atoms with Gasteiger partial charge in [0.2, 0.25) is 11.8 Å². The number of nitrogens with zero attached hydrogens (tertiary/aromatic N) is 2. The number of aryl methyl sites for hydroxylation is 1. The largest absolute Gasteiger partial charge is 0.491 e. The molecule has 9 aromatic carbocycles. The molecule has 5 heterocycles. The molecule has 22 nitrogen and oxygen atoms in total. The number of rotatable bonds is 16. The van der Waals surface area contributed by atoms with E-state index in [-0.39, 0.29) is 145 Å². The molecule has 3 amide bonds. The highest BCUT2D eigenvalue weighted by Gasteiger charge is 2.37. The van der Waals surface area contributed by atoms with Crippen LogP contribution in [0, 0.1) is 11.8 Å². The molecular weight excluding hydrogens is 1920 g/mol. The lowest BCUT2D eigenvalue weighted by atomic mass is 9.93. The lowest BCUT2D eigenvalue weighted by Gasteiger charge is -2.34. The molecule has 4 atom stereocenters. The van der Waals surface area contributed by atoms with Gasteiger partial charge in [-0.25, -0.2) is 24.7 Å². The van der Waals surface area contributed by atoms with Gasteiger partial charge in [-0.05, 0) is 181 Å². The molecule has 0 aromatic heterocycles. The Balaban J connectivity index is 0.000000239. The summed E-state index contributed by atoms with van der Waals surface area (Å²) in [5.41, 5.74) is 12.8. The van der Waals surface area contributed by atoms with Crippen LogP contribution in [0.1, 0.15) is 158 Å². The van der Waals surface area contributed by atoms with E-state index in [1.165, 1.54) is 28.4 Å². The molecule has 0 unspecified atom stereocenters. The van der Waals surface area contributed by atoms with Crippen molar-refractivity contribution < 1.29 is 86.5 Å². The number of benzene rings is 9. The molecule has 0 aliphatic carbocycles. The van der Waals surface area contributed by atoms with Gasteiger partial charge in [0.15, 0.2) is 0 Å². The van der Waals surface area contributed by atoms with Crippen molar-refractivity contribution in [2.45, 2.75) is 87.5 Å². The number of carbonyl (C=O) groups excluding carboxylic acids is 7. The Morgan fingerprint density at radius 3 is 1.21 bits per heavy atom. The highest BCUT2D eigenvalue weighted by molar-refractivity contribution is 9.11. The van der Waals surface area contributed by atoms with Crippen molar-refractivity contribution in [3.8, 4) is 17.2 Å². The fourth-order valence-corrected chi connectivity index (χ4v) is 16.2. The SMILES string of the molecule is COC(=O)c1ccc(CBr)c(Br)c1.COC(=O)c1ccc(CC[C@H](CO)c2ccc(Cl)cc2)c(Br)c1.COC(=O)c1ccc2c(c1)OC[C@H](c1ccc(Cl)cc1)N(C(=O)C1CCOCC1)C2.COC(=O)c1ccc2c(c1)OC[C@H](c1ccc(Cl)cc1)NC2.O=C(NO)c1ccc2c(c1)OC[C@H](c1ccc(Cl)cc1)N(C(=O)C1CCOCC1)C2.S.S.S.S. The zero-order valence-electron chi connectivity index (χ0n) is 67.1. The first-order chi connectivity index (χ1) is 57.0. The molecule has 4 N–H and O–H groups in total. The topological polar surface area (TPSA) is 274 Å².